The van der Waals surface area contributed by atoms with Gasteiger partial charge in [0.2, 0.25) is 0 Å². The molecule has 0 amide bonds. The molecule has 54 heteroatoms. The van der Waals surface area contributed by atoms with E-state index in [9.17, 15) is 86.3 Å². The van der Waals surface area contributed by atoms with Crippen LogP contribution in [0.15, 0.2) is 191 Å². The van der Waals surface area contributed by atoms with Gasteiger partial charge in [-0.05, 0) is 45.4 Å². The lowest BCUT2D eigenvalue weighted by Crippen LogP contribution is -2.40. The van der Waals surface area contributed by atoms with Crippen LogP contribution in [0.4, 0.5) is 0 Å². The van der Waals surface area contributed by atoms with E-state index in [4.69, 9.17) is 0 Å². The monoisotopic (exact) mass is 1940 g/mol. The van der Waals surface area contributed by atoms with E-state index in [1.54, 1.807) is 55.9 Å². The van der Waals surface area contributed by atoms with Gasteiger partial charge in [0.25, 0.3) is 50.0 Å². The van der Waals surface area contributed by atoms with E-state index in [1.165, 1.54) is 121 Å². The Morgan fingerprint density at radius 1 is 0.277 bits per heavy atom. The third-order valence-corrected chi connectivity index (χ3v) is 22.2. The van der Waals surface area contributed by atoms with Crippen LogP contribution < -0.4 is 101 Å². The maximum atomic E-state index is 12.4. The van der Waals surface area contributed by atoms with E-state index in [2.05, 4.69) is 94.7 Å². The molecular weight excluding hydrogens is 1840 g/mol. The first-order chi connectivity index (χ1) is 67.2. The fraction of sp³-hybridized carbons (Fsp3) is 0.345. The summed E-state index contributed by atoms with van der Waals surface area (Å²) in [5, 5.41) is 0. The van der Waals surface area contributed by atoms with Crippen LogP contribution in [0.1, 0.15) is 81.1 Å². The predicted molar refractivity (Wildman–Crippen MR) is 526 cm³/mol. The van der Waals surface area contributed by atoms with E-state index >= 15 is 0 Å². The van der Waals surface area contributed by atoms with Crippen molar-refractivity contribution < 1.29 is 0 Å². The molecule has 0 aliphatic rings. The number of aromatic amines is 10. The normalized spacial score (nSPS) is 11.1. The van der Waals surface area contributed by atoms with Crippen molar-refractivity contribution in [2.45, 2.75) is 127 Å². The van der Waals surface area contributed by atoms with Gasteiger partial charge in [0, 0.05) is 127 Å². The molecule has 0 saturated heterocycles. The third kappa shape index (κ3) is 20.2. The molecule has 2 aromatic carbocycles. The van der Waals surface area contributed by atoms with Crippen molar-refractivity contribution >= 4 is 100 Å². The molecule has 20 aromatic rings. The summed E-state index contributed by atoms with van der Waals surface area (Å²) in [5.41, 5.74) is 2.33. The second kappa shape index (κ2) is 43.2. The molecule has 740 valence electrons. The van der Waals surface area contributed by atoms with Crippen LogP contribution in [0.25, 0.3) is 123 Å². The molecule has 0 unspecified atom stereocenters. The lowest BCUT2D eigenvalue weighted by atomic mass is 10.2. The number of fused-ring (bicyclic) bond motifs is 9. The molecule has 10 N–H and O–H groups in total. The minimum absolute atomic E-state index is 0.265. The number of H-pyrrole nitrogens is 10. The summed E-state index contributed by atoms with van der Waals surface area (Å²) in [6.45, 7) is 19.0. The van der Waals surface area contributed by atoms with Crippen LogP contribution in [0.5, 0.6) is 0 Å². The lowest BCUT2D eigenvalue weighted by molar-refractivity contribution is 0.500. The summed E-state index contributed by atoms with van der Waals surface area (Å²) < 4.78 is 22.5. The van der Waals surface area contributed by atoms with Crippen molar-refractivity contribution in [1.29, 1.82) is 0 Å². The highest BCUT2D eigenvalue weighted by atomic mass is 16.2. The molecule has 0 aliphatic heterocycles. The molecule has 141 heavy (non-hydrogen) atoms. The van der Waals surface area contributed by atoms with Crippen molar-refractivity contribution in [3.8, 4) is 22.8 Å². The zero-order valence-electron chi connectivity index (χ0n) is 80.1. The van der Waals surface area contributed by atoms with Crippen LogP contribution >= 0.6 is 0 Å². The molecule has 0 spiro atoms. The Morgan fingerprint density at radius 3 is 1.11 bits per heavy atom. The molecule has 0 saturated carbocycles. The van der Waals surface area contributed by atoms with E-state index in [-0.39, 0.29) is 73.1 Å². The van der Waals surface area contributed by atoms with Crippen LogP contribution in [-0.2, 0) is 116 Å². The van der Waals surface area contributed by atoms with Crippen molar-refractivity contribution in [2.24, 2.45) is 76.4 Å². The number of aryl methyl sites for hydroxylation is 9. The first kappa shape index (κ1) is 102. The van der Waals surface area contributed by atoms with Crippen molar-refractivity contribution in [2.75, 3.05) is 0 Å². The highest BCUT2D eigenvalue weighted by Crippen LogP contribution is 2.20. The quantitative estimate of drug-likeness (QED) is 0.0659. The molecular formula is C87H104N36O18. The van der Waals surface area contributed by atoms with Gasteiger partial charge in [0.15, 0.2) is 61.9 Å². The van der Waals surface area contributed by atoms with Gasteiger partial charge in [-0.3, -0.25) is 127 Å². The minimum atomic E-state index is -0.448. The summed E-state index contributed by atoms with van der Waals surface area (Å²) >= 11 is 0. The molecule has 18 heterocycles. The fourth-order valence-electron chi connectivity index (χ4n) is 15.0. The number of hydrogen-bond acceptors (Lipinski definition) is 27. The molecule has 0 bridgehead atoms. The first-order valence-electron chi connectivity index (χ1n) is 44.1. The minimum Gasteiger partial charge on any atom is -0.339 e. The fourth-order valence-corrected chi connectivity index (χ4v) is 15.0. The average molecular weight is 1940 g/mol. The summed E-state index contributed by atoms with van der Waals surface area (Å²) in [5.74, 6) is 1.49. The maximum Gasteiger partial charge on any atom is 0.332 e. The first-order valence-corrected chi connectivity index (χ1v) is 44.1. The molecule has 54 nitrogen and oxygen atoms in total. The van der Waals surface area contributed by atoms with Crippen LogP contribution in [-0.4, -0.2) is 172 Å². The Balaban J connectivity index is 0.000000142. The van der Waals surface area contributed by atoms with Gasteiger partial charge in [-0.2, -0.15) is 0 Å². The molecule has 0 atom stereocenters. The highest BCUT2D eigenvalue weighted by molar-refractivity contribution is 5.78. The number of nitrogens with one attached hydrogen (secondary N) is 10. The average Bonchev–Trinajstić information content (AvgIpc) is 1.61. The van der Waals surface area contributed by atoms with Crippen molar-refractivity contribution in [3.05, 3.63) is 292 Å². The maximum absolute atomic E-state index is 12.4. The zero-order valence-corrected chi connectivity index (χ0v) is 80.1. The lowest BCUT2D eigenvalue weighted by Gasteiger charge is -2.10. The highest BCUT2D eigenvalue weighted by Gasteiger charge is 2.22. The largest absolute Gasteiger partial charge is 0.339 e. The Morgan fingerprint density at radius 2 is 0.631 bits per heavy atom. The van der Waals surface area contributed by atoms with Crippen LogP contribution in [0.2, 0.25) is 0 Å². The van der Waals surface area contributed by atoms with Gasteiger partial charge in [0.1, 0.15) is 50.3 Å². The van der Waals surface area contributed by atoms with Crippen molar-refractivity contribution in [1.82, 2.24) is 172 Å². The SMILES string of the molecule is CC(C)Cn1c(=O)n(C)c(=O)c2[nH]cnc21.CCCn1c(=O)[nH]c(=O)c2[nH]cnc21.CCCn1c(=O)[nH]c(=O)c2[nH]cnc21.CCCn1c(=O)c2[nH]cnc2n(CCC)c1=O.CCn1c(=O)c2[nH]c(-c3ccccc3)nc2n(CC)c1=O.Cn1c(=O)[nH]c2ncn(C)c2c1=O.Cn1c(=O)c2[nH]c(-c3ccccc3)nc2n(C)c1=O.Cn1c(=O)c2[nH]cnc2n(C)c1=O.Cn1c(=O)c2c(ncn2C)n(C)c1=O. The van der Waals surface area contributed by atoms with Gasteiger partial charge in [0.05, 0.1) is 44.3 Å². The van der Waals surface area contributed by atoms with E-state index < -0.39 is 28.2 Å². The molecule has 18 aromatic heterocycles. The topological polar surface area (TPSA) is 665 Å². The van der Waals surface area contributed by atoms with Gasteiger partial charge in [-0.15, -0.1) is 0 Å². The number of nitrogens with zero attached hydrogens (tertiary/aromatic N) is 26. The number of hydrogen-bond donors (Lipinski definition) is 10. The van der Waals surface area contributed by atoms with Crippen LogP contribution in [0, 0.1) is 5.92 Å². The van der Waals surface area contributed by atoms with Crippen LogP contribution in [0.3, 0.4) is 0 Å². The van der Waals surface area contributed by atoms with E-state index in [0.29, 0.717) is 164 Å². The second-order valence-electron chi connectivity index (χ2n) is 32.2. The van der Waals surface area contributed by atoms with E-state index in [0.717, 1.165) is 59.6 Å². The molecule has 20 rings (SSSR count). The second-order valence-corrected chi connectivity index (χ2v) is 32.2. The smallest absolute Gasteiger partial charge is 0.332 e. The Bertz CT molecular complexity index is 9180. The summed E-state index contributed by atoms with van der Waals surface area (Å²) in [6.07, 6.45) is 13.3. The van der Waals surface area contributed by atoms with E-state index in [1.807, 2.05) is 109 Å². The molecule has 0 fully saturated rings. The van der Waals surface area contributed by atoms with Gasteiger partial charge >= 0.3 is 51.2 Å². The Kier molecular flexibility index (Phi) is 31.2. The molecule has 0 radical (unpaired) electrons. The standard InChI is InChI=1S/C15H16N4O2.C13H12N4O2.C11H16N4O2.C10H14N4O2.3C8H10N4O2.2C7H8N4O2/c1-3-18-13-11(14(20)19(4-2)15(18)21)16-12(17-13)10-8-6-5-7-9-10;1-16-11-9(12(18)17(2)13(16)19)14-10(15-11)8-6-4-3-5-7-8;1-3-5-14-9-8(12-7-13-9)10(16)15(6-4-2)11(14)17;1-6(2)4-14-8-7(11-5-12-8)9(15)13(3)10(14)16;1-10-4-9-6-5(10)7(13)12(3)8(14)11(6)2;2*1-2-3-12-6-5(9-4-10-6)7(13)11-8(12)14;1-10-3-8-5-4(10)6(12)11(2)7(13)9-5;1-10-5-4(8-3-9-5)6(12)11(2)7(10)13/h5-9H,3-4H2,1-2H3,(H,16,17);3-7H,1-2H3,(H,14,15);7H,3-6H2,1-2H3,(H,12,13);5-6H,4H2,1-3H3,(H,11,12);4H,1-3H3;2*4H,2-3H2,1H3,(H,9,10)(H,11,13,14);3H,1-2H3,(H,9,13);3H,1-2H3,(H,8,9). The predicted octanol–water partition coefficient (Wildman–Crippen LogP) is -0.457. The van der Waals surface area contributed by atoms with Gasteiger partial charge in [-0.1, -0.05) is 102 Å². The summed E-state index contributed by atoms with van der Waals surface area (Å²) in [7, 11) is 15.4. The van der Waals surface area contributed by atoms with Crippen molar-refractivity contribution in [3.63, 3.8) is 0 Å². The zero-order chi connectivity index (χ0) is 103. The number of aromatic nitrogens is 36. The number of benzene rings is 2. The van der Waals surface area contributed by atoms with Gasteiger partial charge in [-0.25, -0.2) is 88.0 Å². The van der Waals surface area contributed by atoms with Gasteiger partial charge < -0.3 is 44.0 Å². The Labute approximate surface area is 787 Å². The number of rotatable bonds is 14. The Hall–Kier alpha value is -18.2. The molecule has 0 aliphatic carbocycles. The third-order valence-electron chi connectivity index (χ3n) is 22.2. The number of imidazole rings is 9. The summed E-state index contributed by atoms with van der Waals surface area (Å²) in [6, 6.07) is 19.0. The summed E-state index contributed by atoms with van der Waals surface area (Å²) in [4.78, 5) is 273.